The van der Waals surface area contributed by atoms with E-state index >= 15 is 0 Å². The number of nitrogens with zero attached hydrogens (tertiary/aromatic N) is 1. The second-order valence-corrected chi connectivity index (χ2v) is 9.44. The van der Waals surface area contributed by atoms with Gasteiger partial charge in [0, 0.05) is 43.4 Å². The van der Waals surface area contributed by atoms with E-state index in [9.17, 15) is 4.57 Å². The Balaban J connectivity index is 2.12. The average Bonchev–Trinajstić information content (AvgIpc) is 2.77. The SMILES string of the molecule is COc1ccccc1[C@H](Nc1ccccc1)[P@@](=O)(OC)c1ccc(N(C)C)cc1. The number of para-hydroxylation sites is 2. The summed E-state index contributed by atoms with van der Waals surface area (Å²) in [4.78, 5) is 2.00. The molecule has 0 bridgehead atoms. The lowest BCUT2D eigenvalue weighted by Crippen LogP contribution is -2.20. The van der Waals surface area contributed by atoms with E-state index in [4.69, 9.17) is 9.26 Å². The summed E-state index contributed by atoms with van der Waals surface area (Å²) < 4.78 is 25.6. The van der Waals surface area contributed by atoms with Gasteiger partial charge in [-0.1, -0.05) is 36.4 Å². The van der Waals surface area contributed by atoms with Gasteiger partial charge >= 0.3 is 0 Å². The van der Waals surface area contributed by atoms with E-state index in [1.165, 1.54) is 7.11 Å². The third-order valence-corrected chi connectivity index (χ3v) is 7.50. The van der Waals surface area contributed by atoms with Crippen molar-refractivity contribution in [3.8, 4) is 5.75 Å². The normalized spacial score (nSPS) is 13.9. The molecule has 1 N–H and O–H groups in total. The molecule has 0 unspecified atom stereocenters. The van der Waals surface area contributed by atoms with Gasteiger partial charge in [-0.05, 0) is 42.5 Å². The van der Waals surface area contributed by atoms with Gasteiger partial charge < -0.3 is 19.5 Å². The number of ether oxygens (including phenoxy) is 1. The number of hydrogen-bond acceptors (Lipinski definition) is 5. The highest BCUT2D eigenvalue weighted by atomic mass is 31.2. The van der Waals surface area contributed by atoms with Crippen LogP contribution in [0.25, 0.3) is 0 Å². The molecule has 3 aromatic carbocycles. The molecule has 0 aromatic heterocycles. The lowest BCUT2D eigenvalue weighted by Gasteiger charge is -2.30. The van der Waals surface area contributed by atoms with Gasteiger partial charge in [-0.25, -0.2) is 0 Å². The van der Waals surface area contributed by atoms with Crippen molar-refractivity contribution in [3.05, 3.63) is 84.4 Å². The highest BCUT2D eigenvalue weighted by molar-refractivity contribution is 7.67. The lowest BCUT2D eigenvalue weighted by atomic mass is 10.2. The number of methoxy groups -OCH3 is 1. The molecule has 0 aliphatic rings. The van der Waals surface area contributed by atoms with Crippen molar-refractivity contribution in [3.63, 3.8) is 0 Å². The van der Waals surface area contributed by atoms with Crippen LogP contribution in [0.15, 0.2) is 78.9 Å². The summed E-state index contributed by atoms with van der Waals surface area (Å²) in [6.45, 7) is 0. The van der Waals surface area contributed by atoms with E-state index < -0.39 is 13.2 Å². The molecular weight excluding hydrogens is 383 g/mol. The largest absolute Gasteiger partial charge is 0.496 e. The molecule has 152 valence electrons. The van der Waals surface area contributed by atoms with Gasteiger partial charge in [0.2, 0.25) is 0 Å². The summed E-state index contributed by atoms with van der Waals surface area (Å²) in [7, 11) is 3.70. The molecule has 0 aliphatic heterocycles. The molecule has 6 heteroatoms. The zero-order chi connectivity index (χ0) is 20.9. The second kappa shape index (κ2) is 9.17. The summed E-state index contributed by atoms with van der Waals surface area (Å²) in [6.07, 6.45) is 0. The average molecular weight is 410 g/mol. The van der Waals surface area contributed by atoms with Crippen molar-refractivity contribution in [1.82, 2.24) is 0 Å². The van der Waals surface area contributed by atoms with Gasteiger partial charge in [0.1, 0.15) is 11.5 Å². The maximum Gasteiger partial charge on any atom is 0.257 e. The molecule has 0 saturated heterocycles. The van der Waals surface area contributed by atoms with Gasteiger partial charge in [0.15, 0.2) is 0 Å². The minimum Gasteiger partial charge on any atom is -0.496 e. The van der Waals surface area contributed by atoms with Crippen LogP contribution in [0.2, 0.25) is 0 Å². The molecule has 0 aliphatic carbocycles. The van der Waals surface area contributed by atoms with Crippen LogP contribution < -0.4 is 20.3 Å². The van der Waals surface area contributed by atoms with Crippen molar-refractivity contribution >= 4 is 24.0 Å². The van der Waals surface area contributed by atoms with Crippen LogP contribution in [-0.2, 0) is 9.09 Å². The highest BCUT2D eigenvalue weighted by Gasteiger charge is 2.38. The van der Waals surface area contributed by atoms with E-state index in [1.54, 1.807) is 7.11 Å². The zero-order valence-corrected chi connectivity index (χ0v) is 18.1. The predicted molar refractivity (Wildman–Crippen MR) is 121 cm³/mol. The van der Waals surface area contributed by atoms with Crippen LogP contribution in [-0.4, -0.2) is 28.3 Å². The van der Waals surface area contributed by atoms with Gasteiger partial charge in [0.05, 0.1) is 7.11 Å². The van der Waals surface area contributed by atoms with Crippen LogP contribution in [0, 0.1) is 0 Å². The van der Waals surface area contributed by atoms with Crippen molar-refractivity contribution in [2.24, 2.45) is 0 Å². The van der Waals surface area contributed by atoms with Crippen molar-refractivity contribution in [2.45, 2.75) is 5.78 Å². The first-order valence-electron chi connectivity index (χ1n) is 9.37. The molecule has 29 heavy (non-hydrogen) atoms. The Morgan fingerprint density at radius 3 is 2.07 bits per heavy atom. The molecule has 0 amide bonds. The molecular formula is C23H27N2O3P. The Labute approximate surface area is 172 Å². The second-order valence-electron chi connectivity index (χ2n) is 6.85. The Bertz CT molecular complexity index is 975. The van der Waals surface area contributed by atoms with Gasteiger partial charge in [-0.15, -0.1) is 0 Å². The smallest absolute Gasteiger partial charge is 0.257 e. The fourth-order valence-corrected chi connectivity index (χ4v) is 5.43. The van der Waals surface area contributed by atoms with E-state index in [0.29, 0.717) is 11.1 Å². The molecule has 0 heterocycles. The zero-order valence-electron chi connectivity index (χ0n) is 17.2. The Morgan fingerprint density at radius 1 is 0.862 bits per heavy atom. The molecule has 5 nitrogen and oxygen atoms in total. The number of hydrogen-bond donors (Lipinski definition) is 1. The minimum absolute atomic E-state index is 0.615. The summed E-state index contributed by atoms with van der Waals surface area (Å²) in [5, 5.41) is 4.06. The van der Waals surface area contributed by atoms with Gasteiger partial charge in [-0.2, -0.15) is 0 Å². The molecule has 3 rings (SSSR count). The Hall–Kier alpha value is -2.75. The van der Waals surface area contributed by atoms with E-state index in [1.807, 2.05) is 97.9 Å². The van der Waals surface area contributed by atoms with Crippen molar-refractivity contribution in [2.75, 3.05) is 38.5 Å². The molecule has 3 aromatic rings. The summed E-state index contributed by atoms with van der Waals surface area (Å²) in [6, 6.07) is 24.9. The number of rotatable bonds is 8. The quantitative estimate of drug-likeness (QED) is 0.522. The fourth-order valence-electron chi connectivity index (χ4n) is 3.25. The third-order valence-electron chi connectivity index (χ3n) is 4.85. The van der Waals surface area contributed by atoms with E-state index in [2.05, 4.69) is 5.32 Å². The third kappa shape index (κ3) is 4.47. The lowest BCUT2D eigenvalue weighted by molar-refractivity contribution is 0.389. The van der Waals surface area contributed by atoms with Crippen LogP contribution >= 0.6 is 7.37 Å². The molecule has 2 atom stereocenters. The van der Waals surface area contributed by atoms with Crippen LogP contribution in [0.4, 0.5) is 11.4 Å². The van der Waals surface area contributed by atoms with Crippen LogP contribution in [0.1, 0.15) is 11.3 Å². The number of nitrogens with one attached hydrogen (secondary N) is 1. The van der Waals surface area contributed by atoms with E-state index in [-0.39, 0.29) is 0 Å². The first-order valence-corrected chi connectivity index (χ1v) is 11.1. The molecule has 0 spiro atoms. The Kier molecular flexibility index (Phi) is 6.63. The van der Waals surface area contributed by atoms with Gasteiger partial charge in [0.25, 0.3) is 7.37 Å². The Morgan fingerprint density at radius 2 is 1.48 bits per heavy atom. The fraction of sp³-hybridized carbons (Fsp3) is 0.217. The van der Waals surface area contributed by atoms with Crippen molar-refractivity contribution in [1.29, 1.82) is 0 Å². The topological polar surface area (TPSA) is 50.8 Å². The number of benzene rings is 3. The standard InChI is InChI=1S/C23H27N2O3P/c1-25(2)19-14-16-20(17-15-19)29(26,28-4)23(24-18-10-6-5-7-11-18)21-12-8-9-13-22(21)27-3/h5-17,23-24H,1-4H3/t23-,29+/m1/s1. The molecule has 0 saturated carbocycles. The minimum atomic E-state index is -3.35. The molecule has 0 radical (unpaired) electrons. The summed E-state index contributed by atoms with van der Waals surface area (Å²) >= 11 is 0. The summed E-state index contributed by atoms with van der Waals surface area (Å²) in [5.74, 6) is 0.0411. The highest BCUT2D eigenvalue weighted by Crippen LogP contribution is 2.59. The molecule has 0 fully saturated rings. The maximum atomic E-state index is 14.3. The predicted octanol–water partition coefficient (Wildman–Crippen LogP) is 5.12. The monoisotopic (exact) mass is 410 g/mol. The summed E-state index contributed by atoms with van der Waals surface area (Å²) in [5.41, 5.74) is 2.66. The first kappa shape index (κ1) is 21.0. The number of anilines is 2. The van der Waals surface area contributed by atoms with E-state index in [0.717, 1.165) is 16.9 Å². The van der Waals surface area contributed by atoms with Crippen LogP contribution in [0.3, 0.4) is 0 Å². The van der Waals surface area contributed by atoms with Gasteiger partial charge in [-0.3, -0.25) is 4.57 Å². The maximum absolute atomic E-state index is 14.3. The van der Waals surface area contributed by atoms with Crippen molar-refractivity contribution < 1.29 is 13.8 Å². The van der Waals surface area contributed by atoms with Crippen LogP contribution in [0.5, 0.6) is 5.75 Å². The first-order chi connectivity index (χ1) is 14.0.